The Morgan fingerprint density at radius 2 is 1.52 bits per heavy atom. The number of fused-ring (bicyclic) bond motifs is 1. The summed E-state index contributed by atoms with van der Waals surface area (Å²) in [6.07, 6.45) is 6.64. The molecule has 1 saturated heterocycles. The summed E-state index contributed by atoms with van der Waals surface area (Å²) >= 11 is 0. The van der Waals surface area contributed by atoms with Crippen LogP contribution in [0.1, 0.15) is 42.5 Å². The number of aryl methyl sites for hydroxylation is 3. The van der Waals surface area contributed by atoms with Gasteiger partial charge in [0.2, 0.25) is 5.95 Å². The van der Waals surface area contributed by atoms with Crippen molar-refractivity contribution >= 4 is 33.2 Å². The molecule has 2 N–H and O–H groups in total. The molecule has 2 heterocycles. The minimum absolute atomic E-state index is 0.313. The first-order chi connectivity index (χ1) is 16.0. The highest BCUT2D eigenvalue weighted by molar-refractivity contribution is 7.92. The number of aromatic nitrogens is 2. The summed E-state index contributed by atoms with van der Waals surface area (Å²) < 4.78 is 28.5. The number of benzene rings is 2. The molecule has 2 aliphatic rings. The molecule has 0 saturated carbocycles. The van der Waals surface area contributed by atoms with Gasteiger partial charge in [-0.2, -0.15) is 4.98 Å². The lowest BCUT2D eigenvalue weighted by molar-refractivity contribution is 0.600. The molecule has 5 rings (SSSR count). The topological polar surface area (TPSA) is 87.2 Å². The van der Waals surface area contributed by atoms with Gasteiger partial charge in [0.15, 0.2) is 0 Å². The SMILES string of the molecule is Cc1cc(N2CCCC2)nc(Nc2ccc(NS(=O)(=O)c3ccc4c(c3)CCCC4)cc2)n1. The monoisotopic (exact) mass is 463 g/mol. The van der Waals surface area contributed by atoms with Crippen molar-refractivity contribution in [3.05, 3.63) is 65.4 Å². The van der Waals surface area contributed by atoms with E-state index in [1.807, 2.05) is 37.3 Å². The molecule has 8 heteroatoms. The standard InChI is InChI=1S/C25H29N5O2S/c1-18-16-24(30-14-4-5-15-30)28-25(26-18)27-21-9-11-22(12-10-21)29-33(31,32)23-13-8-19-6-2-3-7-20(19)17-23/h8-13,16-17,29H,2-7,14-15H2,1H3,(H,26,27,28). The van der Waals surface area contributed by atoms with E-state index in [4.69, 9.17) is 0 Å². The predicted molar refractivity (Wildman–Crippen MR) is 132 cm³/mol. The fraction of sp³-hybridized carbons (Fsp3) is 0.360. The zero-order chi connectivity index (χ0) is 22.8. The van der Waals surface area contributed by atoms with Crippen LogP contribution in [0.3, 0.4) is 0 Å². The first-order valence-electron chi connectivity index (χ1n) is 11.6. The zero-order valence-electron chi connectivity index (χ0n) is 18.8. The van der Waals surface area contributed by atoms with Gasteiger partial charge < -0.3 is 10.2 Å². The van der Waals surface area contributed by atoms with Gasteiger partial charge in [0.05, 0.1) is 4.90 Å². The number of anilines is 4. The molecule has 1 aromatic heterocycles. The van der Waals surface area contributed by atoms with Crippen LogP contribution in [0.25, 0.3) is 0 Å². The maximum Gasteiger partial charge on any atom is 0.261 e. The summed E-state index contributed by atoms with van der Waals surface area (Å²) in [5.41, 5.74) is 4.63. The summed E-state index contributed by atoms with van der Waals surface area (Å²) in [5, 5.41) is 3.24. The Bertz CT molecular complexity index is 1250. The van der Waals surface area contributed by atoms with E-state index in [-0.39, 0.29) is 0 Å². The van der Waals surface area contributed by atoms with Crippen molar-refractivity contribution in [2.75, 3.05) is 28.0 Å². The number of nitrogens with zero attached hydrogens (tertiary/aromatic N) is 3. The summed E-state index contributed by atoms with van der Waals surface area (Å²) in [6, 6.07) is 14.6. The number of hydrogen-bond acceptors (Lipinski definition) is 6. The van der Waals surface area contributed by atoms with E-state index in [9.17, 15) is 8.42 Å². The molecule has 172 valence electrons. The van der Waals surface area contributed by atoms with E-state index >= 15 is 0 Å². The van der Waals surface area contributed by atoms with Crippen LogP contribution in [0.2, 0.25) is 0 Å². The van der Waals surface area contributed by atoms with Crippen LogP contribution >= 0.6 is 0 Å². The maximum absolute atomic E-state index is 12.9. The average molecular weight is 464 g/mol. The largest absolute Gasteiger partial charge is 0.356 e. The van der Waals surface area contributed by atoms with Gasteiger partial charge in [-0.1, -0.05) is 6.07 Å². The number of nitrogens with one attached hydrogen (secondary N) is 2. The van der Waals surface area contributed by atoms with E-state index in [0.717, 1.165) is 55.1 Å². The normalized spacial score (nSPS) is 15.8. The van der Waals surface area contributed by atoms with Crippen LogP contribution < -0.4 is 14.9 Å². The van der Waals surface area contributed by atoms with Gasteiger partial charge >= 0.3 is 0 Å². The molecule has 0 atom stereocenters. The van der Waals surface area contributed by atoms with E-state index < -0.39 is 10.0 Å². The molecule has 0 unspecified atom stereocenters. The summed E-state index contributed by atoms with van der Waals surface area (Å²) in [4.78, 5) is 11.7. The second-order valence-electron chi connectivity index (χ2n) is 8.83. The van der Waals surface area contributed by atoms with Crippen LogP contribution in [0.4, 0.5) is 23.1 Å². The van der Waals surface area contributed by atoms with Crippen LogP contribution in [-0.4, -0.2) is 31.5 Å². The van der Waals surface area contributed by atoms with Gasteiger partial charge in [-0.3, -0.25) is 4.72 Å². The van der Waals surface area contributed by atoms with Gasteiger partial charge in [-0.15, -0.1) is 0 Å². The molecule has 7 nitrogen and oxygen atoms in total. The third-order valence-electron chi connectivity index (χ3n) is 6.29. The Morgan fingerprint density at radius 3 is 2.27 bits per heavy atom. The number of rotatable bonds is 6. The Morgan fingerprint density at radius 1 is 0.818 bits per heavy atom. The molecular weight excluding hydrogens is 434 g/mol. The average Bonchev–Trinajstić information content (AvgIpc) is 3.35. The third-order valence-corrected chi connectivity index (χ3v) is 7.67. The molecule has 0 amide bonds. The fourth-order valence-corrected chi connectivity index (χ4v) is 5.67. The molecule has 1 fully saturated rings. The fourth-order valence-electron chi connectivity index (χ4n) is 4.56. The lowest BCUT2D eigenvalue weighted by atomic mass is 9.92. The van der Waals surface area contributed by atoms with E-state index in [0.29, 0.717) is 16.5 Å². The molecule has 2 aromatic carbocycles. The number of sulfonamides is 1. The minimum Gasteiger partial charge on any atom is -0.356 e. The first-order valence-corrected chi connectivity index (χ1v) is 13.1. The lowest BCUT2D eigenvalue weighted by Gasteiger charge is -2.18. The molecule has 0 spiro atoms. The van der Waals surface area contributed by atoms with Crippen LogP contribution in [0.15, 0.2) is 53.4 Å². The summed E-state index contributed by atoms with van der Waals surface area (Å²) in [6.45, 7) is 4.01. The summed E-state index contributed by atoms with van der Waals surface area (Å²) in [7, 11) is -3.64. The summed E-state index contributed by atoms with van der Waals surface area (Å²) in [5.74, 6) is 1.48. The molecule has 3 aromatic rings. The van der Waals surface area contributed by atoms with Gasteiger partial charge in [0.25, 0.3) is 10.0 Å². The Labute approximate surface area is 195 Å². The van der Waals surface area contributed by atoms with Gasteiger partial charge in [-0.25, -0.2) is 13.4 Å². The van der Waals surface area contributed by atoms with Crippen LogP contribution in [0.5, 0.6) is 0 Å². The molecule has 0 bridgehead atoms. The van der Waals surface area contributed by atoms with Crippen molar-refractivity contribution in [1.82, 2.24) is 9.97 Å². The molecular formula is C25H29N5O2S. The zero-order valence-corrected chi connectivity index (χ0v) is 19.7. The predicted octanol–water partition coefficient (Wildman–Crippen LogP) is 4.81. The quantitative estimate of drug-likeness (QED) is 0.546. The highest BCUT2D eigenvalue weighted by Crippen LogP contribution is 2.26. The molecule has 1 aliphatic carbocycles. The second kappa shape index (κ2) is 9.02. The van der Waals surface area contributed by atoms with Gasteiger partial charge in [0, 0.05) is 36.2 Å². The van der Waals surface area contributed by atoms with Crippen LogP contribution in [0, 0.1) is 6.92 Å². The van der Waals surface area contributed by atoms with Crippen molar-refractivity contribution in [2.45, 2.75) is 50.3 Å². The van der Waals surface area contributed by atoms with E-state index in [2.05, 4.69) is 24.9 Å². The van der Waals surface area contributed by atoms with Crippen molar-refractivity contribution in [1.29, 1.82) is 0 Å². The third kappa shape index (κ3) is 4.95. The number of hydrogen-bond donors (Lipinski definition) is 2. The van der Waals surface area contributed by atoms with Gasteiger partial charge in [0.1, 0.15) is 5.82 Å². The van der Waals surface area contributed by atoms with Crippen LogP contribution in [-0.2, 0) is 22.9 Å². The molecule has 0 radical (unpaired) electrons. The Balaban J connectivity index is 1.29. The first kappa shape index (κ1) is 21.7. The van der Waals surface area contributed by atoms with Crippen molar-refractivity contribution in [3.63, 3.8) is 0 Å². The maximum atomic E-state index is 12.9. The van der Waals surface area contributed by atoms with Crippen molar-refractivity contribution in [2.24, 2.45) is 0 Å². The van der Waals surface area contributed by atoms with E-state index in [1.54, 1.807) is 18.2 Å². The smallest absolute Gasteiger partial charge is 0.261 e. The Hall–Kier alpha value is -3.13. The minimum atomic E-state index is -3.64. The molecule has 33 heavy (non-hydrogen) atoms. The highest BCUT2D eigenvalue weighted by atomic mass is 32.2. The van der Waals surface area contributed by atoms with Crippen molar-refractivity contribution < 1.29 is 8.42 Å². The van der Waals surface area contributed by atoms with E-state index in [1.165, 1.54) is 24.8 Å². The van der Waals surface area contributed by atoms with Gasteiger partial charge in [-0.05, 0) is 93.0 Å². The van der Waals surface area contributed by atoms with Crippen molar-refractivity contribution in [3.8, 4) is 0 Å². The lowest BCUT2D eigenvalue weighted by Crippen LogP contribution is -2.19. The second-order valence-corrected chi connectivity index (χ2v) is 10.5. The molecule has 1 aliphatic heterocycles. The highest BCUT2D eigenvalue weighted by Gasteiger charge is 2.18. The Kier molecular flexibility index (Phi) is 5.93.